The van der Waals surface area contributed by atoms with Gasteiger partial charge in [-0.15, -0.1) is 0 Å². The molecule has 1 aliphatic rings. The number of hydrogen-bond acceptors (Lipinski definition) is 5. The number of amides is 2. The smallest absolute Gasteiger partial charge is 0.317 e. The maximum atomic E-state index is 12.6. The number of fused-ring (bicyclic) bond motifs is 1. The Hall–Kier alpha value is -2.90. The lowest BCUT2D eigenvalue weighted by Crippen LogP contribution is -2.44. The molecule has 2 aromatic heterocycles. The third kappa shape index (κ3) is 3.85. The van der Waals surface area contributed by atoms with E-state index in [4.69, 9.17) is 4.52 Å². The van der Waals surface area contributed by atoms with Crippen molar-refractivity contribution < 1.29 is 9.32 Å². The molecule has 8 nitrogen and oxygen atoms in total. The summed E-state index contributed by atoms with van der Waals surface area (Å²) in [6.07, 6.45) is 1.87. The van der Waals surface area contributed by atoms with Gasteiger partial charge in [0.05, 0.1) is 23.5 Å². The zero-order chi connectivity index (χ0) is 19.7. The van der Waals surface area contributed by atoms with E-state index in [1.54, 1.807) is 0 Å². The molecule has 0 radical (unpaired) electrons. The van der Waals surface area contributed by atoms with Crippen LogP contribution in [0.1, 0.15) is 61.6 Å². The number of aromatic amines is 1. The third-order valence-electron chi connectivity index (χ3n) is 5.13. The van der Waals surface area contributed by atoms with Gasteiger partial charge in [0.2, 0.25) is 5.89 Å². The van der Waals surface area contributed by atoms with Crippen LogP contribution in [0.4, 0.5) is 4.79 Å². The molecule has 148 valence electrons. The van der Waals surface area contributed by atoms with E-state index in [1.807, 2.05) is 37.8 Å². The van der Waals surface area contributed by atoms with Crippen LogP contribution in [0.2, 0.25) is 0 Å². The van der Waals surface area contributed by atoms with E-state index in [-0.39, 0.29) is 17.9 Å². The fourth-order valence-electron chi connectivity index (χ4n) is 3.54. The largest absolute Gasteiger partial charge is 0.340 e. The number of piperidine rings is 1. The highest BCUT2D eigenvalue weighted by molar-refractivity contribution is 5.76. The van der Waals surface area contributed by atoms with Gasteiger partial charge < -0.3 is 19.7 Å². The minimum absolute atomic E-state index is 0.0914. The highest BCUT2D eigenvalue weighted by Crippen LogP contribution is 2.26. The lowest BCUT2D eigenvalue weighted by molar-refractivity contribution is 0.171. The molecule has 2 N–H and O–H groups in total. The first-order valence-corrected chi connectivity index (χ1v) is 9.81. The van der Waals surface area contributed by atoms with Gasteiger partial charge in [0.25, 0.3) is 0 Å². The Bertz CT molecular complexity index is 976. The highest BCUT2D eigenvalue weighted by atomic mass is 16.5. The molecule has 0 spiro atoms. The third-order valence-corrected chi connectivity index (χ3v) is 5.13. The number of aryl methyl sites for hydroxylation is 1. The van der Waals surface area contributed by atoms with Crippen LogP contribution in [-0.4, -0.2) is 44.1 Å². The molecule has 1 unspecified atom stereocenters. The lowest BCUT2D eigenvalue weighted by Gasteiger charge is -2.30. The van der Waals surface area contributed by atoms with Gasteiger partial charge in [0, 0.05) is 19.0 Å². The van der Waals surface area contributed by atoms with Crippen LogP contribution < -0.4 is 5.32 Å². The predicted octanol–water partition coefficient (Wildman–Crippen LogP) is 3.47. The number of likely N-dealkylation sites (tertiary alicyclic amines) is 1. The Balaban J connectivity index is 1.36. The quantitative estimate of drug-likeness (QED) is 0.720. The van der Waals surface area contributed by atoms with E-state index in [9.17, 15) is 4.79 Å². The molecule has 3 aromatic rings. The normalized spacial score (nSPS) is 17.4. The number of benzene rings is 1. The molecule has 1 atom stereocenters. The maximum Gasteiger partial charge on any atom is 0.317 e. The van der Waals surface area contributed by atoms with E-state index < -0.39 is 0 Å². The van der Waals surface area contributed by atoms with Crippen LogP contribution in [0.5, 0.6) is 0 Å². The SMILES string of the molecule is Cc1ccc2nc(CNC(=O)N3CCCC(c4nc(C(C)C)no4)C3)[nH]c2c1. The predicted molar refractivity (Wildman–Crippen MR) is 105 cm³/mol. The van der Waals surface area contributed by atoms with Crippen molar-refractivity contribution in [3.05, 3.63) is 41.3 Å². The molecule has 28 heavy (non-hydrogen) atoms. The Morgan fingerprint density at radius 1 is 1.39 bits per heavy atom. The van der Waals surface area contributed by atoms with E-state index in [0.717, 1.165) is 42.1 Å². The van der Waals surface area contributed by atoms with Gasteiger partial charge in [-0.25, -0.2) is 9.78 Å². The van der Waals surface area contributed by atoms with Gasteiger partial charge in [-0.05, 0) is 37.5 Å². The summed E-state index contributed by atoms with van der Waals surface area (Å²) in [4.78, 5) is 26.8. The molecule has 0 aliphatic carbocycles. The van der Waals surface area contributed by atoms with Gasteiger partial charge in [-0.2, -0.15) is 4.98 Å². The number of nitrogens with zero attached hydrogens (tertiary/aromatic N) is 4. The monoisotopic (exact) mass is 382 g/mol. The average Bonchev–Trinajstić information content (AvgIpc) is 3.33. The number of hydrogen-bond donors (Lipinski definition) is 2. The summed E-state index contributed by atoms with van der Waals surface area (Å²) in [7, 11) is 0. The fraction of sp³-hybridized carbons (Fsp3) is 0.500. The number of H-pyrrole nitrogens is 1. The summed E-state index contributed by atoms with van der Waals surface area (Å²) >= 11 is 0. The van der Waals surface area contributed by atoms with Crippen molar-refractivity contribution in [2.75, 3.05) is 13.1 Å². The number of imidazole rings is 1. The molecular formula is C20H26N6O2. The summed E-state index contributed by atoms with van der Waals surface area (Å²) in [6.45, 7) is 7.80. The number of carbonyl (C=O) groups is 1. The van der Waals surface area contributed by atoms with Gasteiger partial charge in [0.15, 0.2) is 5.82 Å². The maximum absolute atomic E-state index is 12.6. The first kappa shape index (κ1) is 18.5. The number of carbonyl (C=O) groups excluding carboxylic acids is 1. The van der Waals surface area contributed by atoms with Crippen LogP contribution in [0.15, 0.2) is 22.7 Å². The molecular weight excluding hydrogens is 356 g/mol. The van der Waals surface area contributed by atoms with Crippen molar-refractivity contribution in [1.29, 1.82) is 0 Å². The molecule has 1 saturated heterocycles. The summed E-state index contributed by atoms with van der Waals surface area (Å²) < 4.78 is 5.43. The topological polar surface area (TPSA) is 99.9 Å². The Morgan fingerprint density at radius 3 is 3.04 bits per heavy atom. The Morgan fingerprint density at radius 2 is 2.25 bits per heavy atom. The second kappa shape index (κ2) is 7.61. The van der Waals surface area contributed by atoms with E-state index in [1.165, 1.54) is 5.56 Å². The van der Waals surface area contributed by atoms with Crippen molar-refractivity contribution >= 4 is 17.1 Å². The molecule has 1 fully saturated rings. The first-order valence-electron chi connectivity index (χ1n) is 9.81. The lowest BCUT2D eigenvalue weighted by atomic mass is 9.98. The average molecular weight is 382 g/mol. The molecule has 4 rings (SSSR count). The minimum Gasteiger partial charge on any atom is -0.340 e. The molecule has 1 aliphatic heterocycles. The van der Waals surface area contributed by atoms with Crippen molar-refractivity contribution in [3.8, 4) is 0 Å². The molecule has 8 heteroatoms. The van der Waals surface area contributed by atoms with Crippen LogP contribution in [0, 0.1) is 6.92 Å². The van der Waals surface area contributed by atoms with Crippen LogP contribution >= 0.6 is 0 Å². The zero-order valence-corrected chi connectivity index (χ0v) is 16.5. The minimum atomic E-state index is -0.0927. The number of rotatable bonds is 4. The highest BCUT2D eigenvalue weighted by Gasteiger charge is 2.28. The van der Waals surface area contributed by atoms with Gasteiger partial charge in [-0.1, -0.05) is 25.1 Å². The summed E-state index contributed by atoms with van der Waals surface area (Å²) in [5.41, 5.74) is 3.07. The Kier molecular flexibility index (Phi) is 5.02. The van der Waals surface area contributed by atoms with Crippen molar-refractivity contribution in [2.24, 2.45) is 0 Å². The molecule has 0 saturated carbocycles. The molecule has 1 aromatic carbocycles. The van der Waals surface area contributed by atoms with Crippen LogP contribution in [0.3, 0.4) is 0 Å². The van der Waals surface area contributed by atoms with Crippen LogP contribution in [0.25, 0.3) is 11.0 Å². The Labute approximate surface area is 163 Å². The molecule has 2 amide bonds. The fourth-order valence-corrected chi connectivity index (χ4v) is 3.54. The van der Waals surface area contributed by atoms with Crippen LogP contribution in [-0.2, 0) is 6.54 Å². The zero-order valence-electron chi connectivity index (χ0n) is 16.5. The summed E-state index contributed by atoms with van der Waals surface area (Å²) in [5, 5.41) is 7.01. The first-order chi connectivity index (χ1) is 13.5. The number of urea groups is 1. The van der Waals surface area contributed by atoms with E-state index in [0.29, 0.717) is 19.0 Å². The number of aromatic nitrogens is 4. The molecule has 0 bridgehead atoms. The van der Waals surface area contributed by atoms with Gasteiger partial charge >= 0.3 is 6.03 Å². The molecule has 3 heterocycles. The summed E-state index contributed by atoms with van der Waals surface area (Å²) in [5.74, 6) is 2.42. The van der Waals surface area contributed by atoms with Crippen molar-refractivity contribution in [3.63, 3.8) is 0 Å². The van der Waals surface area contributed by atoms with E-state index >= 15 is 0 Å². The van der Waals surface area contributed by atoms with Gasteiger partial charge in [-0.3, -0.25) is 0 Å². The standard InChI is InChI=1S/C20H26N6O2/c1-12(2)18-24-19(28-25-18)14-5-4-8-26(11-14)20(27)21-10-17-22-15-7-6-13(3)9-16(15)23-17/h6-7,9,12,14H,4-5,8,10-11H2,1-3H3,(H,21,27)(H,22,23). The van der Waals surface area contributed by atoms with Crippen molar-refractivity contribution in [2.45, 2.75) is 52.0 Å². The summed E-state index contributed by atoms with van der Waals surface area (Å²) in [6, 6.07) is 5.97. The second-order valence-corrected chi connectivity index (χ2v) is 7.79. The van der Waals surface area contributed by atoms with E-state index in [2.05, 4.69) is 31.5 Å². The number of nitrogens with one attached hydrogen (secondary N) is 2. The van der Waals surface area contributed by atoms with Crippen molar-refractivity contribution in [1.82, 2.24) is 30.3 Å². The van der Waals surface area contributed by atoms with Gasteiger partial charge in [0.1, 0.15) is 5.82 Å². The second-order valence-electron chi connectivity index (χ2n) is 7.79.